The fourth-order valence-corrected chi connectivity index (χ4v) is 2.80. The summed E-state index contributed by atoms with van der Waals surface area (Å²) in [5, 5.41) is 3.67. The highest BCUT2D eigenvalue weighted by Gasteiger charge is 2.67. The number of hydrogen-bond acceptors (Lipinski definition) is 4. The molecular weight excluding hydrogens is 420 g/mol. The molecule has 2 aromatic carbocycles. The van der Waals surface area contributed by atoms with Gasteiger partial charge in [0.15, 0.2) is 0 Å². The number of carbonyl (C=O) groups is 2. The number of carbonyl (C=O) groups excluding carboxylic acids is 2. The van der Waals surface area contributed by atoms with Crippen LogP contribution in [0.5, 0.6) is 5.75 Å². The summed E-state index contributed by atoms with van der Waals surface area (Å²) in [4.78, 5) is 25.1. The number of rotatable bonds is 5. The summed E-state index contributed by atoms with van der Waals surface area (Å²) >= 11 is 0. The Kier molecular flexibility index (Phi) is 5.37. The van der Waals surface area contributed by atoms with Crippen LogP contribution in [0.2, 0.25) is 0 Å². The number of imide groups is 1. The van der Waals surface area contributed by atoms with E-state index in [1.807, 2.05) is 0 Å². The smallest absolute Gasteiger partial charge is 0.406 e. The van der Waals surface area contributed by atoms with E-state index in [2.05, 4.69) is 10.1 Å². The Morgan fingerprint density at radius 2 is 1.53 bits per heavy atom. The first-order chi connectivity index (χ1) is 13.9. The summed E-state index contributed by atoms with van der Waals surface area (Å²) in [7, 11) is 0. The van der Waals surface area contributed by atoms with Crippen molar-refractivity contribution in [1.82, 2.24) is 10.6 Å². The van der Waals surface area contributed by atoms with Crippen molar-refractivity contribution < 1.29 is 40.7 Å². The first-order valence-electron chi connectivity index (χ1n) is 8.31. The average Bonchev–Trinajstić information content (AvgIpc) is 2.91. The molecule has 1 atom stereocenters. The van der Waals surface area contributed by atoms with E-state index < -0.39 is 42.4 Å². The van der Waals surface area contributed by atoms with Gasteiger partial charge in [-0.3, -0.25) is 10.1 Å². The Hall–Kier alpha value is -3.28. The molecule has 0 aromatic heterocycles. The Bertz CT molecular complexity index is 931. The standard InChI is InChI=1S/C18H13F6N3O3/c19-17(20,21)16(25-10-11-4-2-1-3-5-11)14(28)27(15(29)26-16)12-6-8-13(9-7-12)30-18(22,23)24/h1-9,25H,10H2,(H,26,29)/t16-/m0/s1. The molecule has 1 aliphatic rings. The summed E-state index contributed by atoms with van der Waals surface area (Å²) in [6.45, 7) is -0.390. The van der Waals surface area contributed by atoms with E-state index in [9.17, 15) is 35.9 Å². The van der Waals surface area contributed by atoms with Gasteiger partial charge >= 0.3 is 18.6 Å². The molecule has 0 spiro atoms. The maximum atomic E-state index is 13.8. The van der Waals surface area contributed by atoms with Gasteiger partial charge in [-0.15, -0.1) is 13.2 Å². The molecule has 0 aliphatic carbocycles. The molecule has 1 aliphatic heterocycles. The van der Waals surface area contributed by atoms with Crippen LogP contribution >= 0.6 is 0 Å². The zero-order valence-electron chi connectivity index (χ0n) is 14.8. The SMILES string of the molecule is O=C1N[C@](NCc2ccccc2)(C(F)(F)F)C(=O)N1c1ccc(OC(F)(F)F)cc1. The highest BCUT2D eigenvalue weighted by molar-refractivity contribution is 6.23. The number of halogens is 6. The quantitative estimate of drug-likeness (QED) is 0.558. The summed E-state index contributed by atoms with van der Waals surface area (Å²) in [6, 6.07) is 9.76. The van der Waals surface area contributed by atoms with Crippen molar-refractivity contribution in [3.05, 3.63) is 60.2 Å². The van der Waals surface area contributed by atoms with Gasteiger partial charge in [0.25, 0.3) is 11.6 Å². The van der Waals surface area contributed by atoms with Crippen LogP contribution in [0.1, 0.15) is 5.56 Å². The van der Waals surface area contributed by atoms with Crippen molar-refractivity contribution in [2.24, 2.45) is 0 Å². The fourth-order valence-electron chi connectivity index (χ4n) is 2.80. The molecule has 30 heavy (non-hydrogen) atoms. The molecule has 0 bridgehead atoms. The molecule has 3 rings (SSSR count). The Morgan fingerprint density at radius 3 is 2.07 bits per heavy atom. The van der Waals surface area contributed by atoms with Gasteiger partial charge in [-0.05, 0) is 29.8 Å². The Labute approximate surface area is 165 Å². The lowest BCUT2D eigenvalue weighted by Crippen LogP contribution is -2.68. The van der Waals surface area contributed by atoms with E-state index in [4.69, 9.17) is 0 Å². The first kappa shape index (κ1) is 21.4. The van der Waals surface area contributed by atoms with Gasteiger partial charge in [0.1, 0.15) is 5.75 Å². The van der Waals surface area contributed by atoms with Crippen LogP contribution in [-0.4, -0.2) is 30.1 Å². The highest BCUT2D eigenvalue weighted by atomic mass is 19.4. The van der Waals surface area contributed by atoms with Crippen LogP contribution in [0.15, 0.2) is 54.6 Å². The monoisotopic (exact) mass is 433 g/mol. The number of benzene rings is 2. The van der Waals surface area contributed by atoms with Crippen molar-refractivity contribution in [3.63, 3.8) is 0 Å². The summed E-state index contributed by atoms with van der Waals surface area (Å²) in [6.07, 6.45) is -10.2. The molecular formula is C18H13F6N3O3. The minimum atomic E-state index is -5.21. The zero-order chi connectivity index (χ0) is 22.2. The summed E-state index contributed by atoms with van der Waals surface area (Å²) < 4.78 is 81.8. The normalized spacial score (nSPS) is 19.7. The van der Waals surface area contributed by atoms with E-state index in [-0.39, 0.29) is 10.6 Å². The predicted molar refractivity (Wildman–Crippen MR) is 91.2 cm³/mol. The van der Waals surface area contributed by atoms with Gasteiger partial charge in [0.05, 0.1) is 5.69 Å². The minimum Gasteiger partial charge on any atom is -0.406 e. The third-order valence-corrected chi connectivity index (χ3v) is 4.18. The number of anilines is 1. The number of hydrogen-bond donors (Lipinski definition) is 2. The maximum absolute atomic E-state index is 13.8. The van der Waals surface area contributed by atoms with Crippen molar-refractivity contribution in [3.8, 4) is 5.75 Å². The average molecular weight is 433 g/mol. The molecule has 2 aromatic rings. The van der Waals surface area contributed by atoms with Gasteiger partial charge in [0, 0.05) is 6.54 Å². The third kappa shape index (κ3) is 4.17. The number of nitrogens with zero attached hydrogens (tertiary/aromatic N) is 1. The Balaban J connectivity index is 1.87. The van der Waals surface area contributed by atoms with Gasteiger partial charge in [-0.2, -0.15) is 13.2 Å². The lowest BCUT2D eigenvalue weighted by atomic mass is 10.1. The molecule has 1 heterocycles. The largest absolute Gasteiger partial charge is 0.573 e. The van der Waals surface area contributed by atoms with Crippen molar-refractivity contribution in [2.75, 3.05) is 4.90 Å². The van der Waals surface area contributed by atoms with Crippen LogP contribution in [0.3, 0.4) is 0 Å². The van der Waals surface area contributed by atoms with Crippen LogP contribution in [-0.2, 0) is 11.3 Å². The van der Waals surface area contributed by atoms with Gasteiger partial charge in [-0.1, -0.05) is 30.3 Å². The van der Waals surface area contributed by atoms with Crippen molar-refractivity contribution >= 4 is 17.6 Å². The summed E-state index contributed by atoms with van der Waals surface area (Å²) in [5.74, 6) is -2.33. The molecule has 2 N–H and O–H groups in total. The van der Waals surface area contributed by atoms with Crippen molar-refractivity contribution in [2.45, 2.75) is 24.7 Å². The molecule has 0 radical (unpaired) electrons. The predicted octanol–water partition coefficient (Wildman–Crippen LogP) is 3.69. The Morgan fingerprint density at radius 1 is 0.933 bits per heavy atom. The lowest BCUT2D eigenvalue weighted by Gasteiger charge is -2.30. The van der Waals surface area contributed by atoms with E-state index >= 15 is 0 Å². The van der Waals surface area contributed by atoms with Gasteiger partial charge < -0.3 is 10.1 Å². The van der Waals surface area contributed by atoms with Crippen LogP contribution in [0.25, 0.3) is 0 Å². The van der Waals surface area contributed by atoms with Crippen LogP contribution in [0, 0.1) is 0 Å². The second-order valence-corrected chi connectivity index (χ2v) is 6.20. The molecule has 3 amide bonds. The molecule has 12 heteroatoms. The van der Waals surface area contributed by atoms with Crippen LogP contribution < -0.4 is 20.3 Å². The van der Waals surface area contributed by atoms with E-state index in [0.717, 1.165) is 24.3 Å². The number of urea groups is 1. The van der Waals surface area contributed by atoms with Crippen molar-refractivity contribution in [1.29, 1.82) is 0 Å². The fraction of sp³-hybridized carbons (Fsp3) is 0.222. The van der Waals surface area contributed by atoms with E-state index in [0.29, 0.717) is 5.56 Å². The molecule has 0 unspecified atom stereocenters. The molecule has 160 valence electrons. The zero-order valence-corrected chi connectivity index (χ0v) is 14.8. The number of nitrogens with one attached hydrogen (secondary N) is 2. The van der Waals surface area contributed by atoms with Gasteiger partial charge in [-0.25, -0.2) is 9.69 Å². The first-order valence-corrected chi connectivity index (χ1v) is 8.31. The summed E-state index contributed by atoms with van der Waals surface area (Å²) in [5.41, 5.74) is -3.34. The lowest BCUT2D eigenvalue weighted by molar-refractivity contribution is -0.274. The van der Waals surface area contributed by atoms with Crippen LogP contribution in [0.4, 0.5) is 36.8 Å². The molecule has 1 saturated heterocycles. The second-order valence-electron chi connectivity index (χ2n) is 6.20. The number of ether oxygens (including phenoxy) is 1. The molecule has 0 saturated carbocycles. The van der Waals surface area contributed by atoms with E-state index in [1.165, 1.54) is 12.1 Å². The molecule has 6 nitrogen and oxygen atoms in total. The molecule has 1 fully saturated rings. The van der Waals surface area contributed by atoms with Gasteiger partial charge in [0.2, 0.25) is 0 Å². The third-order valence-electron chi connectivity index (χ3n) is 4.18. The van der Waals surface area contributed by atoms with E-state index in [1.54, 1.807) is 23.5 Å². The maximum Gasteiger partial charge on any atom is 0.573 e. The second kappa shape index (κ2) is 7.52. The number of amides is 3. The topological polar surface area (TPSA) is 70.7 Å². The number of alkyl halides is 6. The highest BCUT2D eigenvalue weighted by Crippen LogP contribution is 2.36. The minimum absolute atomic E-state index is 0.197.